The Kier molecular flexibility index (Phi) is 11.2. The second-order valence-electron chi connectivity index (χ2n) is 10.9. The van der Waals surface area contributed by atoms with E-state index >= 15 is 0 Å². The Hall–Kier alpha value is -3.10. The molecule has 0 bridgehead atoms. The molecule has 3 rings (SSSR count). The van der Waals surface area contributed by atoms with Crippen LogP contribution in [0.15, 0.2) is 48.5 Å². The molecule has 214 valence electrons. The number of hydrogen-bond acceptors (Lipinski definition) is 6. The summed E-state index contributed by atoms with van der Waals surface area (Å²) < 4.78 is 12.6. The fourth-order valence-corrected chi connectivity index (χ4v) is 4.81. The van der Waals surface area contributed by atoms with Crippen molar-refractivity contribution in [2.75, 3.05) is 52.3 Å². The van der Waals surface area contributed by atoms with Crippen LogP contribution in [0.2, 0.25) is 0 Å². The van der Waals surface area contributed by atoms with Crippen LogP contribution in [0.3, 0.4) is 0 Å². The Balaban J connectivity index is 1.93. The Morgan fingerprint density at radius 2 is 1.82 bits per heavy atom. The molecule has 0 aromatic heterocycles. The second kappa shape index (κ2) is 14.3. The van der Waals surface area contributed by atoms with Crippen molar-refractivity contribution < 1.29 is 24.2 Å². The number of ether oxygens (including phenoxy) is 2. The van der Waals surface area contributed by atoms with Crippen LogP contribution >= 0.6 is 0 Å². The van der Waals surface area contributed by atoms with E-state index in [1.807, 2.05) is 88.3 Å². The first kappa shape index (κ1) is 30.4. The van der Waals surface area contributed by atoms with Gasteiger partial charge in [0, 0.05) is 58.0 Å². The van der Waals surface area contributed by atoms with Crippen LogP contribution in [0.5, 0.6) is 5.75 Å². The lowest BCUT2D eigenvalue weighted by Gasteiger charge is -2.36. The van der Waals surface area contributed by atoms with Gasteiger partial charge in [-0.15, -0.1) is 0 Å². The molecule has 8 nitrogen and oxygen atoms in total. The number of amides is 2. The van der Waals surface area contributed by atoms with Crippen molar-refractivity contribution in [2.45, 2.75) is 58.3 Å². The number of aliphatic hydroxyl groups is 1. The normalized spacial score (nSPS) is 21.8. The Labute approximate surface area is 233 Å². The first-order chi connectivity index (χ1) is 18.6. The molecule has 1 heterocycles. The van der Waals surface area contributed by atoms with Gasteiger partial charge in [-0.3, -0.25) is 9.59 Å². The monoisotopic (exact) mass is 539 g/mol. The number of anilines is 1. The van der Waals surface area contributed by atoms with E-state index in [4.69, 9.17) is 9.47 Å². The summed E-state index contributed by atoms with van der Waals surface area (Å²) in [6, 6.07) is 14.5. The summed E-state index contributed by atoms with van der Waals surface area (Å²) in [6.45, 7) is 7.04. The van der Waals surface area contributed by atoms with E-state index in [2.05, 4.69) is 0 Å². The average molecular weight is 540 g/mol. The summed E-state index contributed by atoms with van der Waals surface area (Å²) >= 11 is 0. The molecule has 0 radical (unpaired) electrons. The van der Waals surface area contributed by atoms with Crippen molar-refractivity contribution >= 4 is 17.5 Å². The van der Waals surface area contributed by atoms with Crippen molar-refractivity contribution in [3.8, 4) is 5.75 Å². The summed E-state index contributed by atoms with van der Waals surface area (Å²) in [4.78, 5) is 32.5. The van der Waals surface area contributed by atoms with Crippen LogP contribution in [0.1, 0.15) is 60.7 Å². The number of benzene rings is 2. The highest BCUT2D eigenvalue weighted by molar-refractivity contribution is 5.98. The van der Waals surface area contributed by atoms with E-state index < -0.39 is 6.04 Å². The zero-order valence-corrected chi connectivity index (χ0v) is 24.3. The summed E-state index contributed by atoms with van der Waals surface area (Å²) in [5.74, 6) is 0.189. The first-order valence-corrected chi connectivity index (χ1v) is 13.9. The summed E-state index contributed by atoms with van der Waals surface area (Å²) in [7, 11) is 5.66. The molecule has 8 heteroatoms. The largest absolute Gasteiger partial charge is 0.490 e. The molecule has 2 aromatic carbocycles. The quantitative estimate of drug-likeness (QED) is 0.589. The Bertz CT molecular complexity index is 1080. The molecule has 0 saturated heterocycles. The highest BCUT2D eigenvalue weighted by atomic mass is 16.5. The molecule has 0 spiro atoms. The Morgan fingerprint density at radius 3 is 2.49 bits per heavy atom. The molecular weight excluding hydrogens is 494 g/mol. The summed E-state index contributed by atoms with van der Waals surface area (Å²) in [5, 5.41) is 10.1. The van der Waals surface area contributed by atoms with E-state index in [0.717, 1.165) is 24.9 Å². The van der Waals surface area contributed by atoms with Crippen LogP contribution in [-0.4, -0.2) is 92.4 Å². The molecule has 0 unspecified atom stereocenters. The SMILES string of the molecule is C[C@H](CO)N1C[C@H](C)[C@@H](CN(C)C(=O)c2ccccc2)OCCCC[C@H](C)Oc2ccc(N(C)C)cc2C1=O. The van der Waals surface area contributed by atoms with Crippen LogP contribution in [0, 0.1) is 5.92 Å². The zero-order valence-electron chi connectivity index (χ0n) is 24.3. The average Bonchev–Trinajstić information content (AvgIpc) is 2.93. The topological polar surface area (TPSA) is 82.6 Å². The summed E-state index contributed by atoms with van der Waals surface area (Å²) in [5.41, 5.74) is 2.00. The number of carbonyl (C=O) groups excluding carboxylic acids is 2. The number of nitrogens with zero attached hydrogens (tertiary/aromatic N) is 3. The first-order valence-electron chi connectivity index (χ1n) is 13.9. The van der Waals surface area contributed by atoms with Gasteiger partial charge in [-0.1, -0.05) is 25.1 Å². The van der Waals surface area contributed by atoms with Gasteiger partial charge < -0.3 is 29.3 Å². The maximum Gasteiger partial charge on any atom is 0.258 e. The van der Waals surface area contributed by atoms with Crippen LogP contribution in [0.4, 0.5) is 5.69 Å². The van der Waals surface area contributed by atoms with Crippen molar-refractivity contribution in [3.63, 3.8) is 0 Å². The maximum absolute atomic E-state index is 14.1. The predicted octanol–water partition coefficient (Wildman–Crippen LogP) is 4.32. The zero-order chi connectivity index (χ0) is 28.5. The van der Waals surface area contributed by atoms with Gasteiger partial charge in [0.25, 0.3) is 11.8 Å². The Morgan fingerprint density at radius 1 is 1.10 bits per heavy atom. The number of carbonyl (C=O) groups is 2. The van der Waals surface area contributed by atoms with Crippen molar-refractivity contribution in [1.29, 1.82) is 0 Å². The highest BCUT2D eigenvalue weighted by Crippen LogP contribution is 2.29. The molecule has 1 N–H and O–H groups in total. The highest BCUT2D eigenvalue weighted by Gasteiger charge is 2.31. The number of aliphatic hydroxyl groups excluding tert-OH is 1. The van der Waals surface area contributed by atoms with Crippen molar-refractivity contribution in [2.24, 2.45) is 5.92 Å². The van der Waals surface area contributed by atoms with Gasteiger partial charge in [0.2, 0.25) is 0 Å². The third-order valence-corrected chi connectivity index (χ3v) is 7.37. The van der Waals surface area contributed by atoms with Gasteiger partial charge in [0.15, 0.2) is 0 Å². The molecule has 2 aromatic rings. The second-order valence-corrected chi connectivity index (χ2v) is 10.9. The molecule has 1 aliphatic rings. The van der Waals surface area contributed by atoms with E-state index in [-0.39, 0.29) is 36.5 Å². The lowest BCUT2D eigenvalue weighted by Crippen LogP contribution is -2.48. The van der Waals surface area contributed by atoms with Crippen molar-refractivity contribution in [3.05, 3.63) is 59.7 Å². The molecule has 0 aliphatic carbocycles. The van der Waals surface area contributed by atoms with Gasteiger partial charge in [-0.05, 0) is 63.4 Å². The molecule has 4 atom stereocenters. The molecule has 1 aliphatic heterocycles. The fourth-order valence-electron chi connectivity index (χ4n) is 4.81. The smallest absolute Gasteiger partial charge is 0.258 e. The minimum absolute atomic E-state index is 0.0708. The van der Waals surface area contributed by atoms with E-state index in [1.54, 1.807) is 16.8 Å². The van der Waals surface area contributed by atoms with Crippen LogP contribution < -0.4 is 9.64 Å². The minimum atomic E-state index is -0.412. The van der Waals surface area contributed by atoms with Crippen molar-refractivity contribution in [1.82, 2.24) is 9.80 Å². The predicted molar refractivity (Wildman–Crippen MR) is 155 cm³/mol. The number of rotatable bonds is 6. The number of likely N-dealkylation sites (N-methyl/N-ethyl adjacent to an activating group) is 1. The van der Waals surface area contributed by atoms with Gasteiger partial charge in [-0.25, -0.2) is 0 Å². The lowest BCUT2D eigenvalue weighted by atomic mass is 10.0. The van der Waals surface area contributed by atoms with Gasteiger partial charge in [-0.2, -0.15) is 0 Å². The lowest BCUT2D eigenvalue weighted by molar-refractivity contribution is -0.0149. The van der Waals surface area contributed by atoms with E-state index in [9.17, 15) is 14.7 Å². The third kappa shape index (κ3) is 8.19. The standard InChI is InChI=1S/C31H45N3O5/c1-22-19-34(23(2)21-35)31(37)27-18-26(32(4)5)15-16-28(27)39-24(3)12-10-11-17-38-29(22)20-33(6)30(36)25-13-8-7-9-14-25/h7-9,13-16,18,22-24,29,35H,10-12,17,19-21H2,1-6H3/t22-,23+,24-,29+/m0/s1. The third-order valence-electron chi connectivity index (χ3n) is 7.37. The molecule has 2 amide bonds. The van der Waals surface area contributed by atoms with Gasteiger partial charge >= 0.3 is 0 Å². The van der Waals surface area contributed by atoms with E-state index in [1.165, 1.54) is 0 Å². The minimum Gasteiger partial charge on any atom is -0.490 e. The molecule has 39 heavy (non-hydrogen) atoms. The number of fused-ring (bicyclic) bond motifs is 1. The van der Waals surface area contributed by atoms with E-state index in [0.29, 0.717) is 36.6 Å². The summed E-state index contributed by atoms with van der Waals surface area (Å²) in [6.07, 6.45) is 2.27. The molecule has 0 saturated carbocycles. The fraction of sp³-hybridized carbons (Fsp3) is 0.548. The van der Waals surface area contributed by atoms with Gasteiger partial charge in [0.1, 0.15) is 5.75 Å². The molecule has 0 fully saturated rings. The van der Waals surface area contributed by atoms with Gasteiger partial charge in [0.05, 0.1) is 30.4 Å². The van der Waals surface area contributed by atoms with Crippen LogP contribution in [-0.2, 0) is 4.74 Å². The number of hydrogen-bond donors (Lipinski definition) is 1. The maximum atomic E-state index is 14.1. The van der Waals surface area contributed by atoms with Crippen LogP contribution in [0.25, 0.3) is 0 Å². The molecular formula is C31H45N3O5.